The first-order valence-corrected chi connectivity index (χ1v) is 23.0. The van der Waals surface area contributed by atoms with E-state index in [-0.39, 0.29) is 0 Å². The van der Waals surface area contributed by atoms with E-state index < -0.39 is 0 Å². The lowest BCUT2D eigenvalue weighted by molar-refractivity contribution is 0.850. The third kappa shape index (κ3) is 5.45. The minimum Gasteiger partial charge on any atom is -0.338 e. The van der Waals surface area contributed by atoms with Crippen LogP contribution in [-0.4, -0.2) is 22.2 Å². The number of aromatic nitrogens is 2. The molecule has 14 rings (SSSR count). The molecule has 12 aromatic rings. The van der Waals surface area contributed by atoms with E-state index >= 15 is 0 Å². The molecule has 1 aliphatic heterocycles. The Morgan fingerprint density at radius 3 is 1.08 bits per heavy atom. The van der Waals surface area contributed by atoms with Crippen molar-refractivity contribution in [1.29, 1.82) is 0 Å². The van der Waals surface area contributed by atoms with Crippen LogP contribution in [0, 0.1) is 0 Å². The average Bonchev–Trinajstić information content (AvgIpc) is 3.90. The van der Waals surface area contributed by atoms with Crippen molar-refractivity contribution in [2.75, 3.05) is 22.9 Å². The standard InChI is InChI=1S/C62H42N4/c1-3-17-41(18-4-1)63-35-36-64(42-19-5-2-6-20-42)62-40-55-48-24-10-9-23-47(48)53-37-43(31-33-49(53)45-21-7-8-22-46(45)54(55)39-61(62)63)66-59-30-16-13-27-52(59)56-38-44(32-34-60(56)66)65-57-28-14-11-25-50(57)51-26-12-15-29-58(51)65/h1-34,37-40H,35-36H2. The molecule has 0 fully saturated rings. The molecule has 310 valence electrons. The SMILES string of the molecule is c1ccc(N2CCN(c3ccccc3)c3cc4c(cc32)-c2ccccc2-c2ccc(-n3c5ccccc5c5cc(-n6c7ccccc7c7ccccc76)ccc53)cc2-c2ccccc2-4)cc1. The van der Waals surface area contributed by atoms with Crippen molar-refractivity contribution in [1.82, 2.24) is 9.13 Å². The summed E-state index contributed by atoms with van der Waals surface area (Å²) in [7, 11) is 0. The number of hydrogen-bond donors (Lipinski definition) is 0. The summed E-state index contributed by atoms with van der Waals surface area (Å²) in [6.07, 6.45) is 0. The first kappa shape index (κ1) is 36.8. The maximum atomic E-state index is 2.50. The Balaban J connectivity index is 0.988. The zero-order valence-electron chi connectivity index (χ0n) is 36.1. The van der Waals surface area contributed by atoms with Gasteiger partial charge in [-0.3, -0.25) is 0 Å². The maximum absolute atomic E-state index is 2.50. The molecule has 0 spiro atoms. The van der Waals surface area contributed by atoms with Gasteiger partial charge in [0.2, 0.25) is 0 Å². The van der Waals surface area contributed by atoms with Gasteiger partial charge in [-0.2, -0.15) is 0 Å². The van der Waals surface area contributed by atoms with E-state index in [0.717, 1.165) is 24.5 Å². The molecule has 0 saturated heterocycles. The van der Waals surface area contributed by atoms with Gasteiger partial charge in [0, 0.05) is 57.4 Å². The average molecular weight is 843 g/mol. The molecule has 0 amide bonds. The second kappa shape index (κ2) is 14.5. The Kier molecular flexibility index (Phi) is 8.07. The summed E-state index contributed by atoms with van der Waals surface area (Å²) < 4.78 is 4.89. The Morgan fingerprint density at radius 2 is 0.576 bits per heavy atom. The number of nitrogens with zero attached hydrogens (tertiary/aromatic N) is 4. The second-order valence-electron chi connectivity index (χ2n) is 17.6. The van der Waals surface area contributed by atoms with Crippen molar-refractivity contribution < 1.29 is 0 Å². The van der Waals surface area contributed by atoms with Crippen LogP contribution in [0.25, 0.3) is 99.5 Å². The smallest absolute Gasteiger partial charge is 0.0659 e. The fraction of sp³-hybridized carbons (Fsp3) is 0.0323. The van der Waals surface area contributed by atoms with E-state index in [1.54, 1.807) is 0 Å². The van der Waals surface area contributed by atoms with Crippen molar-refractivity contribution in [2.45, 2.75) is 0 Å². The molecule has 2 aromatic heterocycles. The first-order chi connectivity index (χ1) is 32.8. The topological polar surface area (TPSA) is 16.3 Å². The Bertz CT molecular complexity index is 3840. The van der Waals surface area contributed by atoms with Crippen LogP contribution in [0.2, 0.25) is 0 Å². The van der Waals surface area contributed by atoms with Gasteiger partial charge in [0.1, 0.15) is 0 Å². The summed E-state index contributed by atoms with van der Waals surface area (Å²) in [5, 5.41) is 5.00. The zero-order chi connectivity index (χ0) is 43.3. The molecule has 0 bridgehead atoms. The van der Waals surface area contributed by atoms with Crippen LogP contribution in [0.15, 0.2) is 231 Å². The van der Waals surface area contributed by atoms with Gasteiger partial charge >= 0.3 is 0 Å². The monoisotopic (exact) mass is 842 g/mol. The van der Waals surface area contributed by atoms with E-state index in [4.69, 9.17) is 0 Å². The Morgan fingerprint density at radius 1 is 0.227 bits per heavy atom. The van der Waals surface area contributed by atoms with Crippen molar-refractivity contribution in [3.63, 3.8) is 0 Å². The highest BCUT2D eigenvalue weighted by atomic mass is 15.3. The first-order valence-electron chi connectivity index (χ1n) is 23.0. The van der Waals surface area contributed by atoms with Crippen LogP contribution in [0.3, 0.4) is 0 Å². The van der Waals surface area contributed by atoms with Gasteiger partial charge in [0.05, 0.1) is 33.4 Å². The number of anilines is 4. The molecule has 0 saturated carbocycles. The van der Waals surface area contributed by atoms with Crippen molar-refractivity contribution in [2.24, 2.45) is 0 Å². The van der Waals surface area contributed by atoms with Gasteiger partial charge in [0.25, 0.3) is 0 Å². The van der Waals surface area contributed by atoms with Gasteiger partial charge in [-0.05, 0) is 129 Å². The molecule has 0 atom stereocenters. The summed E-state index contributed by atoms with van der Waals surface area (Å²) in [4.78, 5) is 5.00. The van der Waals surface area contributed by atoms with E-state index in [0.29, 0.717) is 0 Å². The Labute approximate surface area is 383 Å². The molecule has 10 aromatic carbocycles. The highest BCUT2D eigenvalue weighted by molar-refractivity contribution is 6.13. The molecule has 0 unspecified atom stereocenters. The van der Waals surface area contributed by atoms with E-state index in [1.807, 2.05) is 0 Å². The van der Waals surface area contributed by atoms with Gasteiger partial charge in [-0.25, -0.2) is 0 Å². The summed E-state index contributed by atoms with van der Waals surface area (Å²) in [5.74, 6) is 0. The number of fused-ring (bicyclic) bond motifs is 15. The lowest BCUT2D eigenvalue weighted by Gasteiger charge is -2.40. The predicted octanol–water partition coefficient (Wildman–Crippen LogP) is 16.2. The van der Waals surface area contributed by atoms with Crippen molar-refractivity contribution >= 4 is 66.4 Å². The molecule has 0 N–H and O–H groups in total. The summed E-state index contributed by atoms with van der Waals surface area (Å²) in [6, 6.07) is 85.3. The largest absolute Gasteiger partial charge is 0.338 e. The van der Waals surface area contributed by atoms with Crippen LogP contribution < -0.4 is 9.80 Å². The van der Waals surface area contributed by atoms with Crippen LogP contribution in [0.5, 0.6) is 0 Å². The quantitative estimate of drug-likeness (QED) is 0.175. The van der Waals surface area contributed by atoms with Crippen molar-refractivity contribution in [3.05, 3.63) is 231 Å². The van der Waals surface area contributed by atoms with Crippen LogP contribution in [0.1, 0.15) is 0 Å². The van der Waals surface area contributed by atoms with E-state index in [9.17, 15) is 0 Å². The van der Waals surface area contributed by atoms with Crippen LogP contribution in [0.4, 0.5) is 22.7 Å². The molecule has 2 aliphatic rings. The summed E-state index contributed by atoms with van der Waals surface area (Å²) in [5.41, 5.74) is 21.8. The molecule has 3 heterocycles. The Hall–Kier alpha value is -8.60. The number of hydrogen-bond acceptors (Lipinski definition) is 2. The summed E-state index contributed by atoms with van der Waals surface area (Å²) >= 11 is 0. The molecular formula is C62H42N4. The lowest BCUT2D eigenvalue weighted by Crippen LogP contribution is -2.36. The minimum atomic E-state index is 0.869. The van der Waals surface area contributed by atoms with Gasteiger partial charge in [-0.15, -0.1) is 0 Å². The fourth-order valence-electron chi connectivity index (χ4n) is 11.3. The molecule has 0 radical (unpaired) electrons. The third-order valence-electron chi connectivity index (χ3n) is 14.1. The molecule has 4 heteroatoms. The molecule has 1 aliphatic carbocycles. The summed E-state index contributed by atoms with van der Waals surface area (Å²) in [6.45, 7) is 1.74. The van der Waals surface area contributed by atoms with E-state index in [2.05, 4.69) is 249 Å². The predicted molar refractivity (Wildman–Crippen MR) is 277 cm³/mol. The van der Waals surface area contributed by atoms with Crippen LogP contribution in [-0.2, 0) is 0 Å². The van der Waals surface area contributed by atoms with Gasteiger partial charge in [0.15, 0.2) is 0 Å². The van der Waals surface area contributed by atoms with Gasteiger partial charge in [-0.1, -0.05) is 146 Å². The molecule has 4 nitrogen and oxygen atoms in total. The maximum Gasteiger partial charge on any atom is 0.0659 e. The highest BCUT2D eigenvalue weighted by Gasteiger charge is 2.30. The normalized spacial score (nSPS) is 13.0. The van der Waals surface area contributed by atoms with Crippen molar-refractivity contribution in [3.8, 4) is 55.9 Å². The second-order valence-corrected chi connectivity index (χ2v) is 17.6. The highest BCUT2D eigenvalue weighted by Crippen LogP contribution is 2.53. The molecule has 66 heavy (non-hydrogen) atoms. The fourth-order valence-corrected chi connectivity index (χ4v) is 11.3. The zero-order valence-corrected chi connectivity index (χ0v) is 36.1. The lowest BCUT2D eigenvalue weighted by atomic mass is 9.80. The van der Waals surface area contributed by atoms with Gasteiger partial charge < -0.3 is 18.9 Å². The number of benzene rings is 10. The number of rotatable bonds is 4. The molecular weight excluding hydrogens is 801 g/mol. The number of para-hydroxylation sites is 5. The third-order valence-corrected chi connectivity index (χ3v) is 14.1. The van der Waals surface area contributed by atoms with Crippen LogP contribution >= 0.6 is 0 Å². The minimum absolute atomic E-state index is 0.869. The van der Waals surface area contributed by atoms with E-state index in [1.165, 1.54) is 111 Å².